The number of hydrogen-bond donors (Lipinski definition) is 0. The number of sulfonamides is 1. The Kier molecular flexibility index (Phi) is 6.03. The first kappa shape index (κ1) is 22.0. The van der Waals surface area contributed by atoms with Crippen LogP contribution in [0.3, 0.4) is 0 Å². The molecule has 166 valence electrons. The van der Waals surface area contributed by atoms with Crippen LogP contribution < -0.4 is 9.04 Å². The highest BCUT2D eigenvalue weighted by Crippen LogP contribution is 2.35. The van der Waals surface area contributed by atoms with Gasteiger partial charge in [0.25, 0.3) is 15.9 Å². The fourth-order valence-corrected chi connectivity index (χ4v) is 5.66. The summed E-state index contributed by atoms with van der Waals surface area (Å²) in [7, 11) is -2.28. The van der Waals surface area contributed by atoms with Crippen LogP contribution in [0.1, 0.15) is 19.4 Å². The Morgan fingerprint density at radius 3 is 2.53 bits per heavy atom. The normalized spacial score (nSPS) is 11.7. The zero-order chi connectivity index (χ0) is 22.9. The van der Waals surface area contributed by atoms with Crippen molar-refractivity contribution in [2.75, 3.05) is 11.4 Å². The van der Waals surface area contributed by atoms with Crippen LogP contribution in [0.4, 0.5) is 5.69 Å². The predicted octanol–water partition coefficient (Wildman–Crippen LogP) is 5.39. The average Bonchev–Trinajstić information content (AvgIpc) is 3.43. The molecule has 0 spiro atoms. The lowest BCUT2D eigenvalue weighted by molar-refractivity contribution is 0.242. The number of anilines is 1. The first-order valence-electron chi connectivity index (χ1n) is 10.00. The van der Waals surface area contributed by atoms with E-state index in [1.54, 1.807) is 17.5 Å². The highest BCUT2D eigenvalue weighted by atomic mass is 32.2. The molecule has 4 rings (SSSR count). The van der Waals surface area contributed by atoms with Gasteiger partial charge in [0, 0.05) is 12.6 Å². The van der Waals surface area contributed by atoms with Crippen molar-refractivity contribution in [2.45, 2.75) is 31.8 Å². The molecule has 0 aliphatic rings. The van der Waals surface area contributed by atoms with Crippen molar-refractivity contribution in [1.82, 2.24) is 10.1 Å². The number of aryl methyl sites for hydroxylation is 1. The van der Waals surface area contributed by atoms with E-state index in [4.69, 9.17) is 9.26 Å². The van der Waals surface area contributed by atoms with Crippen LogP contribution in [-0.4, -0.2) is 31.7 Å². The van der Waals surface area contributed by atoms with Gasteiger partial charge in [-0.2, -0.15) is 4.98 Å². The van der Waals surface area contributed by atoms with Gasteiger partial charge in [-0.3, -0.25) is 4.31 Å². The fourth-order valence-electron chi connectivity index (χ4n) is 3.15. The first-order chi connectivity index (χ1) is 15.3. The molecule has 2 aromatic heterocycles. The van der Waals surface area contributed by atoms with E-state index in [1.807, 2.05) is 63.2 Å². The number of hydrogen-bond acceptors (Lipinski definition) is 7. The Morgan fingerprint density at radius 1 is 1.09 bits per heavy atom. The molecule has 2 aromatic carbocycles. The Morgan fingerprint density at radius 2 is 1.84 bits per heavy atom. The first-order valence-corrected chi connectivity index (χ1v) is 12.3. The van der Waals surface area contributed by atoms with Gasteiger partial charge in [0.2, 0.25) is 5.82 Å². The molecule has 0 N–H and O–H groups in total. The van der Waals surface area contributed by atoms with E-state index < -0.39 is 10.0 Å². The molecule has 0 aliphatic carbocycles. The largest absolute Gasteiger partial charge is 0.491 e. The minimum absolute atomic E-state index is 0.0785. The quantitative estimate of drug-likeness (QED) is 0.361. The lowest BCUT2D eigenvalue weighted by Crippen LogP contribution is -2.26. The van der Waals surface area contributed by atoms with Gasteiger partial charge in [0.15, 0.2) is 0 Å². The van der Waals surface area contributed by atoms with Crippen LogP contribution in [0.2, 0.25) is 0 Å². The number of benzene rings is 2. The Labute approximate surface area is 191 Å². The standard InChI is InChI=1S/C23H23N3O4S2/c1-15(2)29-19-10-8-17(9-11-19)22-24-23(30-25-22)21-20(12-13-31-21)32(27,28)26(4)18-7-5-6-16(3)14-18/h5-15H,1-4H3. The Hall–Kier alpha value is -3.17. The minimum atomic E-state index is -3.82. The summed E-state index contributed by atoms with van der Waals surface area (Å²) in [6.45, 7) is 5.84. The molecule has 32 heavy (non-hydrogen) atoms. The lowest BCUT2D eigenvalue weighted by atomic mass is 10.2. The van der Waals surface area contributed by atoms with Crippen molar-refractivity contribution in [3.63, 3.8) is 0 Å². The summed E-state index contributed by atoms with van der Waals surface area (Å²) in [5.41, 5.74) is 2.30. The third-order valence-corrected chi connectivity index (χ3v) is 7.60. The number of aromatic nitrogens is 2. The second kappa shape index (κ2) is 8.76. The topological polar surface area (TPSA) is 85.5 Å². The van der Waals surface area contributed by atoms with Gasteiger partial charge in [0.1, 0.15) is 15.5 Å². The molecule has 0 unspecified atom stereocenters. The van der Waals surface area contributed by atoms with Crippen molar-refractivity contribution < 1.29 is 17.7 Å². The Bertz CT molecular complexity index is 1330. The van der Waals surface area contributed by atoms with Gasteiger partial charge in [0.05, 0.1) is 11.8 Å². The highest BCUT2D eigenvalue weighted by Gasteiger charge is 2.28. The van der Waals surface area contributed by atoms with Crippen molar-refractivity contribution in [2.24, 2.45) is 0 Å². The number of nitrogens with zero attached hydrogens (tertiary/aromatic N) is 3. The van der Waals surface area contributed by atoms with E-state index in [9.17, 15) is 8.42 Å². The molecule has 7 nitrogen and oxygen atoms in total. The van der Waals surface area contributed by atoms with Crippen LogP contribution in [0.5, 0.6) is 5.75 Å². The molecule has 0 fully saturated rings. The zero-order valence-corrected chi connectivity index (χ0v) is 19.8. The molecule has 4 aromatic rings. The smallest absolute Gasteiger partial charge is 0.269 e. The molecule has 0 radical (unpaired) electrons. The van der Waals surface area contributed by atoms with E-state index in [1.165, 1.54) is 22.7 Å². The summed E-state index contributed by atoms with van der Waals surface area (Å²) in [6.07, 6.45) is 0.0785. The van der Waals surface area contributed by atoms with Crippen LogP contribution in [0.15, 0.2) is 69.4 Å². The molecule has 9 heteroatoms. The third-order valence-electron chi connectivity index (χ3n) is 4.74. The molecule has 0 aliphatic heterocycles. The maximum Gasteiger partial charge on any atom is 0.269 e. The monoisotopic (exact) mass is 469 g/mol. The molecule has 0 bridgehead atoms. The summed E-state index contributed by atoms with van der Waals surface area (Å²) in [5.74, 6) is 1.28. The molecule has 2 heterocycles. The molecular weight excluding hydrogens is 446 g/mol. The van der Waals surface area contributed by atoms with Gasteiger partial charge in [-0.05, 0) is 74.2 Å². The van der Waals surface area contributed by atoms with E-state index in [0.29, 0.717) is 16.4 Å². The van der Waals surface area contributed by atoms with E-state index in [0.717, 1.165) is 16.9 Å². The van der Waals surface area contributed by atoms with Crippen LogP contribution >= 0.6 is 11.3 Å². The number of thiophene rings is 1. The van der Waals surface area contributed by atoms with Crippen molar-refractivity contribution >= 4 is 27.0 Å². The summed E-state index contributed by atoms with van der Waals surface area (Å²) in [5, 5.41) is 5.74. The maximum atomic E-state index is 13.3. The maximum absolute atomic E-state index is 13.3. The van der Waals surface area contributed by atoms with Gasteiger partial charge < -0.3 is 9.26 Å². The molecule has 0 saturated heterocycles. The second-order valence-electron chi connectivity index (χ2n) is 7.54. The van der Waals surface area contributed by atoms with Gasteiger partial charge in [-0.25, -0.2) is 8.42 Å². The Balaban J connectivity index is 1.64. The molecule has 0 saturated carbocycles. The average molecular weight is 470 g/mol. The second-order valence-corrected chi connectivity index (χ2v) is 10.4. The number of rotatable bonds is 7. The molecule has 0 atom stereocenters. The van der Waals surface area contributed by atoms with Crippen molar-refractivity contribution in [3.8, 4) is 27.9 Å². The van der Waals surface area contributed by atoms with Gasteiger partial charge >= 0.3 is 0 Å². The van der Waals surface area contributed by atoms with Gasteiger partial charge in [-0.15, -0.1) is 11.3 Å². The number of ether oxygens (including phenoxy) is 1. The predicted molar refractivity (Wildman–Crippen MR) is 126 cm³/mol. The van der Waals surface area contributed by atoms with Crippen LogP contribution in [0, 0.1) is 6.92 Å². The van der Waals surface area contributed by atoms with Crippen LogP contribution in [-0.2, 0) is 10.0 Å². The van der Waals surface area contributed by atoms with E-state index >= 15 is 0 Å². The molecule has 0 amide bonds. The van der Waals surface area contributed by atoms with E-state index in [2.05, 4.69) is 10.1 Å². The lowest BCUT2D eigenvalue weighted by Gasteiger charge is -2.19. The summed E-state index contributed by atoms with van der Waals surface area (Å²) < 4.78 is 39.0. The fraction of sp³-hybridized carbons (Fsp3) is 0.217. The van der Waals surface area contributed by atoms with Crippen molar-refractivity contribution in [1.29, 1.82) is 0 Å². The third kappa shape index (κ3) is 4.39. The minimum Gasteiger partial charge on any atom is -0.491 e. The van der Waals surface area contributed by atoms with Crippen molar-refractivity contribution in [3.05, 3.63) is 65.5 Å². The SMILES string of the molecule is Cc1cccc(N(C)S(=O)(=O)c2ccsc2-c2nc(-c3ccc(OC(C)C)cc3)no2)c1. The summed E-state index contributed by atoms with van der Waals surface area (Å²) in [6, 6.07) is 16.2. The summed E-state index contributed by atoms with van der Waals surface area (Å²) in [4.78, 5) is 4.98. The van der Waals surface area contributed by atoms with E-state index in [-0.39, 0.29) is 16.9 Å². The zero-order valence-electron chi connectivity index (χ0n) is 18.1. The summed E-state index contributed by atoms with van der Waals surface area (Å²) >= 11 is 1.24. The highest BCUT2D eigenvalue weighted by molar-refractivity contribution is 7.93. The van der Waals surface area contributed by atoms with Crippen LogP contribution in [0.25, 0.3) is 22.2 Å². The van der Waals surface area contributed by atoms with Gasteiger partial charge in [-0.1, -0.05) is 17.3 Å². The molecular formula is C23H23N3O4S2.